The second-order valence-electron chi connectivity index (χ2n) is 7.38. The van der Waals surface area contributed by atoms with E-state index >= 15 is 0 Å². The van der Waals surface area contributed by atoms with Crippen molar-refractivity contribution in [3.8, 4) is 11.5 Å². The highest BCUT2D eigenvalue weighted by Crippen LogP contribution is 2.38. The van der Waals surface area contributed by atoms with E-state index in [4.69, 9.17) is 9.47 Å². The third-order valence-electron chi connectivity index (χ3n) is 5.54. The molecule has 2 atom stereocenters. The molecule has 28 heavy (non-hydrogen) atoms. The van der Waals surface area contributed by atoms with Crippen LogP contribution in [0.25, 0.3) is 0 Å². The molecule has 1 fully saturated rings. The van der Waals surface area contributed by atoms with Crippen LogP contribution in [0.5, 0.6) is 11.5 Å². The lowest BCUT2D eigenvalue weighted by atomic mass is 10.0. The maximum atomic E-state index is 12.7. The van der Waals surface area contributed by atoms with Gasteiger partial charge < -0.3 is 14.8 Å². The zero-order valence-corrected chi connectivity index (χ0v) is 17.2. The molecule has 3 rings (SSSR count). The second kappa shape index (κ2) is 9.11. The predicted octanol–water partition coefficient (Wildman–Crippen LogP) is 4.03. The van der Waals surface area contributed by atoms with Crippen LogP contribution in [-0.4, -0.2) is 38.1 Å². The number of rotatable bonds is 7. The van der Waals surface area contributed by atoms with E-state index in [9.17, 15) is 4.79 Å². The van der Waals surface area contributed by atoms with Crippen molar-refractivity contribution in [1.82, 2.24) is 10.2 Å². The van der Waals surface area contributed by atoms with E-state index < -0.39 is 0 Å². The normalized spacial score (nSPS) is 17.9. The predicted molar refractivity (Wildman–Crippen MR) is 111 cm³/mol. The van der Waals surface area contributed by atoms with Crippen LogP contribution in [0.1, 0.15) is 48.5 Å². The number of aryl methyl sites for hydroxylation is 1. The Bertz CT molecular complexity index is 821. The first-order chi connectivity index (χ1) is 13.5. The molecular weight excluding hydrogens is 352 g/mol. The average Bonchev–Trinajstić information content (AvgIpc) is 3.15. The van der Waals surface area contributed by atoms with Gasteiger partial charge in [0, 0.05) is 17.7 Å². The van der Waals surface area contributed by atoms with Crippen LogP contribution in [0.15, 0.2) is 42.5 Å². The smallest absolute Gasteiger partial charge is 0.234 e. The molecule has 2 aromatic carbocycles. The average molecular weight is 383 g/mol. The summed E-state index contributed by atoms with van der Waals surface area (Å²) in [6.07, 6.45) is 2.09. The fourth-order valence-electron chi connectivity index (χ4n) is 4.08. The molecule has 1 aliphatic rings. The van der Waals surface area contributed by atoms with E-state index in [1.807, 2.05) is 31.2 Å². The third-order valence-corrected chi connectivity index (χ3v) is 5.54. The fraction of sp³-hybridized carbons (Fsp3) is 0.435. The summed E-state index contributed by atoms with van der Waals surface area (Å²) in [6, 6.07) is 14.3. The Kier molecular flexibility index (Phi) is 6.57. The highest BCUT2D eigenvalue weighted by molar-refractivity contribution is 5.78. The van der Waals surface area contributed by atoms with Gasteiger partial charge in [0.1, 0.15) is 11.5 Å². The van der Waals surface area contributed by atoms with Crippen molar-refractivity contribution in [1.29, 1.82) is 0 Å². The van der Waals surface area contributed by atoms with Crippen LogP contribution >= 0.6 is 0 Å². The van der Waals surface area contributed by atoms with Crippen LogP contribution in [0.2, 0.25) is 0 Å². The summed E-state index contributed by atoms with van der Waals surface area (Å²) in [5, 5.41) is 3.15. The molecule has 1 N–H and O–H groups in total. The number of methoxy groups -OCH3 is 2. The Morgan fingerprint density at radius 3 is 2.71 bits per heavy atom. The largest absolute Gasteiger partial charge is 0.497 e. The maximum absolute atomic E-state index is 12.7. The van der Waals surface area contributed by atoms with E-state index in [1.165, 1.54) is 5.56 Å². The van der Waals surface area contributed by atoms with Crippen LogP contribution < -0.4 is 14.8 Å². The van der Waals surface area contributed by atoms with Gasteiger partial charge >= 0.3 is 0 Å². The van der Waals surface area contributed by atoms with Gasteiger partial charge in [0.2, 0.25) is 5.91 Å². The Morgan fingerprint density at radius 2 is 2.00 bits per heavy atom. The fourth-order valence-corrected chi connectivity index (χ4v) is 4.08. The van der Waals surface area contributed by atoms with E-state index in [0.29, 0.717) is 6.54 Å². The summed E-state index contributed by atoms with van der Waals surface area (Å²) in [6.45, 7) is 5.40. The molecule has 150 valence electrons. The summed E-state index contributed by atoms with van der Waals surface area (Å²) >= 11 is 0. The van der Waals surface area contributed by atoms with E-state index in [-0.39, 0.29) is 18.0 Å². The number of ether oxygens (including phenoxy) is 2. The number of carbonyl (C=O) groups excluding carboxylic acids is 1. The summed E-state index contributed by atoms with van der Waals surface area (Å²) in [7, 11) is 3.32. The van der Waals surface area contributed by atoms with Crippen molar-refractivity contribution in [3.05, 3.63) is 59.2 Å². The number of nitrogens with one attached hydrogen (secondary N) is 1. The number of hydrogen-bond donors (Lipinski definition) is 1. The minimum absolute atomic E-state index is 0.00900. The quantitative estimate of drug-likeness (QED) is 0.786. The molecule has 0 aromatic heterocycles. The topological polar surface area (TPSA) is 50.8 Å². The minimum Gasteiger partial charge on any atom is -0.497 e. The number of amides is 1. The molecule has 1 saturated heterocycles. The van der Waals surface area contributed by atoms with Crippen LogP contribution in [0, 0.1) is 6.92 Å². The Labute approximate surface area is 167 Å². The first-order valence-corrected chi connectivity index (χ1v) is 9.84. The van der Waals surface area contributed by atoms with E-state index in [0.717, 1.165) is 42.0 Å². The first-order valence-electron chi connectivity index (χ1n) is 9.84. The van der Waals surface area contributed by atoms with Crippen molar-refractivity contribution < 1.29 is 14.3 Å². The molecule has 2 aromatic rings. The van der Waals surface area contributed by atoms with Crippen molar-refractivity contribution in [2.45, 2.75) is 38.8 Å². The molecule has 0 radical (unpaired) electrons. The van der Waals surface area contributed by atoms with Gasteiger partial charge in [-0.3, -0.25) is 9.69 Å². The number of nitrogens with zero attached hydrogens (tertiary/aromatic N) is 1. The van der Waals surface area contributed by atoms with Crippen molar-refractivity contribution >= 4 is 5.91 Å². The number of hydrogen-bond acceptors (Lipinski definition) is 4. The number of benzene rings is 2. The molecule has 0 unspecified atom stereocenters. The molecule has 5 nitrogen and oxygen atoms in total. The molecule has 0 saturated carbocycles. The molecule has 0 spiro atoms. The molecule has 0 aliphatic carbocycles. The molecule has 0 bridgehead atoms. The van der Waals surface area contributed by atoms with Gasteiger partial charge in [-0.1, -0.05) is 30.3 Å². The molecular formula is C23H30N2O3. The number of carbonyl (C=O) groups is 1. The lowest BCUT2D eigenvalue weighted by Crippen LogP contribution is -2.38. The van der Waals surface area contributed by atoms with Gasteiger partial charge in [0.25, 0.3) is 0 Å². The van der Waals surface area contributed by atoms with Crippen LogP contribution in [-0.2, 0) is 4.79 Å². The first kappa shape index (κ1) is 20.2. The van der Waals surface area contributed by atoms with Gasteiger partial charge in [-0.05, 0) is 50.4 Å². The van der Waals surface area contributed by atoms with Gasteiger partial charge in [-0.2, -0.15) is 0 Å². The monoisotopic (exact) mass is 382 g/mol. The number of likely N-dealkylation sites (tertiary alicyclic amines) is 1. The van der Waals surface area contributed by atoms with E-state index in [2.05, 4.69) is 35.3 Å². The zero-order valence-electron chi connectivity index (χ0n) is 17.2. The molecule has 1 heterocycles. The van der Waals surface area contributed by atoms with Gasteiger partial charge in [0.05, 0.1) is 26.8 Å². The maximum Gasteiger partial charge on any atom is 0.234 e. The SMILES string of the molecule is COc1ccc([C@H]2CCCN2CC(=O)N[C@@H](C)c2ccccc2C)c(OC)c1. The standard InChI is InChI=1S/C23H30N2O3/c1-16-8-5-6-9-19(16)17(2)24-23(26)15-25-13-7-10-21(25)20-12-11-18(27-3)14-22(20)28-4/h5-6,8-9,11-12,14,17,21H,7,10,13,15H2,1-4H3,(H,24,26)/t17-,21+/m0/s1. The van der Waals surface area contributed by atoms with Crippen molar-refractivity contribution in [3.63, 3.8) is 0 Å². The lowest BCUT2D eigenvalue weighted by molar-refractivity contribution is -0.123. The Morgan fingerprint density at radius 1 is 1.21 bits per heavy atom. The van der Waals surface area contributed by atoms with Gasteiger partial charge in [0.15, 0.2) is 0 Å². The van der Waals surface area contributed by atoms with E-state index in [1.54, 1.807) is 14.2 Å². The highest BCUT2D eigenvalue weighted by Gasteiger charge is 2.30. The van der Waals surface area contributed by atoms with Crippen molar-refractivity contribution in [2.24, 2.45) is 0 Å². The van der Waals surface area contributed by atoms with Crippen molar-refractivity contribution in [2.75, 3.05) is 27.3 Å². The van der Waals surface area contributed by atoms with Gasteiger partial charge in [-0.25, -0.2) is 0 Å². The summed E-state index contributed by atoms with van der Waals surface area (Å²) in [4.78, 5) is 15.0. The Hall–Kier alpha value is -2.53. The van der Waals surface area contributed by atoms with Crippen LogP contribution in [0.3, 0.4) is 0 Å². The summed E-state index contributed by atoms with van der Waals surface area (Å²) in [5.74, 6) is 1.63. The summed E-state index contributed by atoms with van der Waals surface area (Å²) in [5.41, 5.74) is 3.46. The zero-order chi connectivity index (χ0) is 20.1. The minimum atomic E-state index is -0.00900. The highest BCUT2D eigenvalue weighted by atomic mass is 16.5. The summed E-state index contributed by atoms with van der Waals surface area (Å²) < 4.78 is 10.9. The second-order valence-corrected chi connectivity index (χ2v) is 7.38. The van der Waals surface area contributed by atoms with Crippen LogP contribution in [0.4, 0.5) is 0 Å². The molecule has 1 amide bonds. The molecule has 1 aliphatic heterocycles. The lowest BCUT2D eigenvalue weighted by Gasteiger charge is -2.26. The molecule has 5 heteroatoms. The Balaban J connectivity index is 1.68. The third kappa shape index (κ3) is 4.47. The van der Waals surface area contributed by atoms with Gasteiger partial charge in [-0.15, -0.1) is 0 Å².